The van der Waals surface area contributed by atoms with Crippen LogP contribution in [0.2, 0.25) is 0 Å². The highest BCUT2D eigenvalue weighted by Crippen LogP contribution is 2.10. The van der Waals surface area contributed by atoms with E-state index in [4.69, 9.17) is 0 Å². The Balaban J connectivity index is 1.96. The molecule has 0 fully saturated rings. The molecule has 2 rings (SSSR count). The molecule has 0 aliphatic carbocycles. The summed E-state index contributed by atoms with van der Waals surface area (Å²) in [5.74, 6) is 0.00209. The van der Waals surface area contributed by atoms with E-state index in [1.165, 1.54) is 0 Å². The molecule has 2 heteroatoms. The maximum Gasteiger partial charge on any atom is 0.178 e. The predicted molar refractivity (Wildman–Crippen MR) is 73.8 cm³/mol. The number of thiophene rings is 1. The van der Waals surface area contributed by atoms with Gasteiger partial charge >= 0.3 is 0 Å². The van der Waals surface area contributed by atoms with Gasteiger partial charge in [-0.1, -0.05) is 42.5 Å². The van der Waals surface area contributed by atoms with Crippen LogP contribution in [-0.2, 0) is 4.79 Å². The lowest BCUT2D eigenvalue weighted by Crippen LogP contribution is -1.83. The number of carbonyl (C=O) groups is 1. The summed E-state index contributed by atoms with van der Waals surface area (Å²) in [6.45, 7) is 0. The highest BCUT2D eigenvalue weighted by atomic mass is 32.1. The van der Waals surface area contributed by atoms with Crippen molar-refractivity contribution in [3.8, 4) is 0 Å². The molecular weight excluding hydrogens is 228 g/mol. The molecule has 0 saturated carbocycles. The minimum atomic E-state index is 0.00209. The first-order valence-corrected chi connectivity index (χ1v) is 6.21. The number of hydrogen-bond donors (Lipinski definition) is 0. The van der Waals surface area contributed by atoms with Crippen molar-refractivity contribution in [1.29, 1.82) is 0 Å². The van der Waals surface area contributed by atoms with Gasteiger partial charge in [-0.3, -0.25) is 4.79 Å². The SMILES string of the molecule is O=C(/C=C/c1ccccc1)/C=C/c1cccs1. The van der Waals surface area contributed by atoms with E-state index in [0.29, 0.717) is 0 Å². The summed E-state index contributed by atoms with van der Waals surface area (Å²) in [7, 11) is 0. The Hall–Kier alpha value is -1.93. The Labute approximate surface area is 105 Å². The van der Waals surface area contributed by atoms with Crippen LogP contribution in [0.1, 0.15) is 10.4 Å². The van der Waals surface area contributed by atoms with Crippen LogP contribution >= 0.6 is 11.3 Å². The third-order valence-corrected chi connectivity index (χ3v) is 3.03. The molecule has 17 heavy (non-hydrogen) atoms. The van der Waals surface area contributed by atoms with Crippen LogP contribution in [0.4, 0.5) is 0 Å². The second kappa shape index (κ2) is 5.97. The molecule has 0 spiro atoms. The van der Waals surface area contributed by atoms with E-state index in [-0.39, 0.29) is 5.78 Å². The topological polar surface area (TPSA) is 17.1 Å². The molecule has 0 unspecified atom stereocenters. The Kier molecular flexibility index (Phi) is 4.05. The molecule has 0 amide bonds. The molecule has 1 nitrogen and oxygen atoms in total. The molecule has 0 atom stereocenters. The van der Waals surface area contributed by atoms with Gasteiger partial charge in [-0.05, 0) is 35.2 Å². The summed E-state index contributed by atoms with van der Waals surface area (Å²) in [6, 6.07) is 13.7. The molecule has 0 aliphatic heterocycles. The first-order chi connectivity index (χ1) is 8.34. The zero-order chi connectivity index (χ0) is 11.9. The van der Waals surface area contributed by atoms with Gasteiger partial charge in [0.15, 0.2) is 5.78 Å². The molecule has 0 bridgehead atoms. The average molecular weight is 240 g/mol. The Morgan fingerprint density at radius 3 is 2.41 bits per heavy atom. The van der Waals surface area contributed by atoms with E-state index in [1.807, 2.05) is 60.0 Å². The van der Waals surface area contributed by atoms with Crippen molar-refractivity contribution < 1.29 is 4.79 Å². The highest BCUT2D eigenvalue weighted by Gasteiger charge is 1.91. The predicted octanol–water partition coefficient (Wildman–Crippen LogP) is 4.04. The maximum absolute atomic E-state index is 11.5. The third kappa shape index (κ3) is 3.85. The van der Waals surface area contributed by atoms with Crippen molar-refractivity contribution >= 4 is 29.3 Å². The lowest BCUT2D eigenvalue weighted by molar-refractivity contribution is -0.110. The van der Waals surface area contributed by atoms with Crippen LogP contribution < -0.4 is 0 Å². The highest BCUT2D eigenvalue weighted by molar-refractivity contribution is 7.10. The molecule has 0 N–H and O–H groups in total. The van der Waals surface area contributed by atoms with Gasteiger partial charge in [0.2, 0.25) is 0 Å². The fourth-order valence-electron chi connectivity index (χ4n) is 1.35. The van der Waals surface area contributed by atoms with Crippen molar-refractivity contribution in [1.82, 2.24) is 0 Å². The molecule has 2 aromatic rings. The normalized spacial score (nSPS) is 11.3. The lowest BCUT2D eigenvalue weighted by Gasteiger charge is -1.89. The van der Waals surface area contributed by atoms with Gasteiger partial charge in [0, 0.05) is 4.88 Å². The number of allylic oxidation sites excluding steroid dienone is 2. The maximum atomic E-state index is 11.5. The fraction of sp³-hybridized carbons (Fsp3) is 0. The average Bonchev–Trinajstić information content (AvgIpc) is 2.88. The first-order valence-electron chi connectivity index (χ1n) is 5.33. The number of ketones is 1. The fourth-order valence-corrected chi connectivity index (χ4v) is 1.97. The quantitative estimate of drug-likeness (QED) is 0.737. The summed E-state index contributed by atoms with van der Waals surface area (Å²) in [4.78, 5) is 12.6. The van der Waals surface area contributed by atoms with Gasteiger partial charge in [-0.15, -0.1) is 11.3 Å². The van der Waals surface area contributed by atoms with E-state index in [2.05, 4.69) is 0 Å². The van der Waals surface area contributed by atoms with Crippen molar-refractivity contribution in [3.05, 3.63) is 70.4 Å². The van der Waals surface area contributed by atoms with Gasteiger partial charge in [0.1, 0.15) is 0 Å². The molecule has 1 aromatic heterocycles. The van der Waals surface area contributed by atoms with Crippen LogP contribution in [0.25, 0.3) is 12.2 Å². The summed E-state index contributed by atoms with van der Waals surface area (Å²) < 4.78 is 0. The van der Waals surface area contributed by atoms with E-state index < -0.39 is 0 Å². The summed E-state index contributed by atoms with van der Waals surface area (Å²) in [6.07, 6.45) is 6.83. The van der Waals surface area contributed by atoms with Crippen molar-refractivity contribution in [2.24, 2.45) is 0 Å². The Morgan fingerprint density at radius 2 is 1.71 bits per heavy atom. The zero-order valence-electron chi connectivity index (χ0n) is 9.24. The Bertz CT molecular complexity index is 521. The number of benzene rings is 1. The lowest BCUT2D eigenvalue weighted by atomic mass is 10.2. The molecule has 0 radical (unpaired) electrons. The zero-order valence-corrected chi connectivity index (χ0v) is 10.1. The monoisotopic (exact) mass is 240 g/mol. The van der Waals surface area contributed by atoms with Crippen LogP contribution in [0.5, 0.6) is 0 Å². The van der Waals surface area contributed by atoms with Crippen LogP contribution in [-0.4, -0.2) is 5.78 Å². The van der Waals surface area contributed by atoms with Gasteiger partial charge in [-0.2, -0.15) is 0 Å². The van der Waals surface area contributed by atoms with E-state index in [0.717, 1.165) is 10.4 Å². The van der Waals surface area contributed by atoms with E-state index in [1.54, 1.807) is 23.5 Å². The molecule has 0 aliphatic rings. The molecule has 1 aromatic carbocycles. The summed E-state index contributed by atoms with van der Waals surface area (Å²) >= 11 is 1.62. The van der Waals surface area contributed by atoms with Crippen LogP contribution in [0, 0.1) is 0 Å². The van der Waals surface area contributed by atoms with Crippen LogP contribution in [0.15, 0.2) is 60.0 Å². The molecule has 84 valence electrons. The third-order valence-electron chi connectivity index (χ3n) is 2.19. The molecule has 1 heterocycles. The van der Waals surface area contributed by atoms with Gasteiger partial charge in [-0.25, -0.2) is 0 Å². The Morgan fingerprint density at radius 1 is 0.941 bits per heavy atom. The molecule has 0 saturated heterocycles. The van der Waals surface area contributed by atoms with Crippen molar-refractivity contribution in [3.63, 3.8) is 0 Å². The smallest absolute Gasteiger partial charge is 0.178 e. The molecular formula is C15H12OS. The minimum absolute atomic E-state index is 0.00209. The second-order valence-electron chi connectivity index (χ2n) is 3.50. The van der Waals surface area contributed by atoms with E-state index in [9.17, 15) is 4.79 Å². The largest absolute Gasteiger partial charge is 0.290 e. The second-order valence-corrected chi connectivity index (χ2v) is 4.47. The van der Waals surface area contributed by atoms with Crippen molar-refractivity contribution in [2.45, 2.75) is 0 Å². The minimum Gasteiger partial charge on any atom is -0.290 e. The number of hydrogen-bond acceptors (Lipinski definition) is 2. The first kappa shape index (κ1) is 11.6. The number of carbonyl (C=O) groups excluding carboxylic acids is 1. The van der Waals surface area contributed by atoms with E-state index >= 15 is 0 Å². The van der Waals surface area contributed by atoms with Crippen molar-refractivity contribution in [2.75, 3.05) is 0 Å². The summed E-state index contributed by atoms with van der Waals surface area (Å²) in [5, 5.41) is 1.99. The summed E-state index contributed by atoms with van der Waals surface area (Å²) in [5.41, 5.74) is 1.03. The van der Waals surface area contributed by atoms with Gasteiger partial charge < -0.3 is 0 Å². The number of rotatable bonds is 4. The standard InChI is InChI=1S/C15H12OS/c16-14(10-11-15-7-4-12-17-15)9-8-13-5-2-1-3-6-13/h1-12H/b9-8+,11-10+. The van der Waals surface area contributed by atoms with Crippen LogP contribution in [0.3, 0.4) is 0 Å². The van der Waals surface area contributed by atoms with Gasteiger partial charge in [0.25, 0.3) is 0 Å². The van der Waals surface area contributed by atoms with Gasteiger partial charge in [0.05, 0.1) is 0 Å².